The molecule has 1 heterocycles. The van der Waals surface area contributed by atoms with Crippen molar-refractivity contribution in [3.63, 3.8) is 0 Å². The topological polar surface area (TPSA) is 77.0 Å². The van der Waals surface area contributed by atoms with Crippen LogP contribution in [0.5, 0.6) is 0 Å². The van der Waals surface area contributed by atoms with E-state index in [0.717, 1.165) is 18.7 Å². The van der Waals surface area contributed by atoms with Crippen LogP contribution in [0.25, 0.3) is 0 Å². The van der Waals surface area contributed by atoms with Crippen molar-refractivity contribution in [2.45, 2.75) is 37.7 Å². The maximum atomic E-state index is 12.7. The first-order chi connectivity index (χ1) is 14.1. The summed E-state index contributed by atoms with van der Waals surface area (Å²) in [6.45, 7) is 3.67. The van der Waals surface area contributed by atoms with Gasteiger partial charge in [-0.2, -0.15) is 17.5 Å². The normalized spacial score (nSPS) is 16.5. The SMILES string of the molecule is CCNC(=NCCCN(C)c1ccccc1)NC1CCN(S(=O)(=O)C(F)(F)F)CC1.I. The van der Waals surface area contributed by atoms with E-state index in [-0.39, 0.29) is 55.9 Å². The van der Waals surface area contributed by atoms with Crippen molar-refractivity contribution < 1.29 is 21.6 Å². The zero-order valence-corrected chi connectivity index (χ0v) is 20.9. The number of guanidine groups is 1. The third-order valence-electron chi connectivity index (χ3n) is 4.89. The molecular weight excluding hydrogens is 546 g/mol. The van der Waals surface area contributed by atoms with E-state index in [1.807, 2.05) is 44.3 Å². The number of piperidine rings is 1. The van der Waals surface area contributed by atoms with Gasteiger partial charge in [-0.1, -0.05) is 18.2 Å². The molecule has 0 spiro atoms. The number of nitrogens with zero attached hydrogens (tertiary/aromatic N) is 3. The number of nitrogens with one attached hydrogen (secondary N) is 2. The smallest absolute Gasteiger partial charge is 0.375 e. The predicted octanol–water partition coefficient (Wildman–Crippen LogP) is 3.00. The Balaban J connectivity index is 0.00000480. The Labute approximate surface area is 199 Å². The number of benzene rings is 1. The summed E-state index contributed by atoms with van der Waals surface area (Å²) in [5.74, 6) is 0.594. The molecule has 0 saturated carbocycles. The van der Waals surface area contributed by atoms with Gasteiger partial charge >= 0.3 is 15.5 Å². The summed E-state index contributed by atoms with van der Waals surface area (Å²) in [6.07, 6.45) is 1.41. The number of aliphatic imine (C=N–C) groups is 1. The average molecular weight is 577 g/mol. The van der Waals surface area contributed by atoms with Crippen molar-refractivity contribution in [3.05, 3.63) is 30.3 Å². The molecule has 0 amide bonds. The minimum absolute atomic E-state index is 0. The summed E-state index contributed by atoms with van der Waals surface area (Å²) in [7, 11) is -3.24. The van der Waals surface area contributed by atoms with Gasteiger partial charge in [0, 0.05) is 51.5 Å². The van der Waals surface area contributed by atoms with Crippen LogP contribution in [0.1, 0.15) is 26.2 Å². The lowest BCUT2D eigenvalue weighted by molar-refractivity contribution is -0.0494. The zero-order valence-electron chi connectivity index (χ0n) is 17.7. The Morgan fingerprint density at radius 1 is 1.23 bits per heavy atom. The van der Waals surface area contributed by atoms with E-state index >= 15 is 0 Å². The number of alkyl halides is 3. The number of hydrogen-bond acceptors (Lipinski definition) is 4. The maximum Gasteiger partial charge on any atom is 0.511 e. The highest BCUT2D eigenvalue weighted by atomic mass is 127. The molecule has 31 heavy (non-hydrogen) atoms. The molecule has 2 rings (SSSR count). The molecule has 1 aromatic carbocycles. The van der Waals surface area contributed by atoms with Gasteiger partial charge in [-0.3, -0.25) is 4.99 Å². The van der Waals surface area contributed by atoms with Gasteiger partial charge < -0.3 is 15.5 Å². The van der Waals surface area contributed by atoms with Crippen LogP contribution in [0, 0.1) is 0 Å². The van der Waals surface area contributed by atoms with Crippen LogP contribution in [0.4, 0.5) is 18.9 Å². The lowest BCUT2D eigenvalue weighted by atomic mass is 10.1. The third kappa shape index (κ3) is 8.29. The minimum Gasteiger partial charge on any atom is -0.375 e. The molecule has 12 heteroatoms. The fourth-order valence-corrected chi connectivity index (χ4v) is 4.19. The van der Waals surface area contributed by atoms with Crippen LogP contribution >= 0.6 is 24.0 Å². The van der Waals surface area contributed by atoms with E-state index < -0.39 is 15.5 Å². The Kier molecular flexibility index (Phi) is 11.4. The molecule has 0 atom stereocenters. The van der Waals surface area contributed by atoms with Crippen LogP contribution < -0.4 is 15.5 Å². The number of hydrogen-bond donors (Lipinski definition) is 2. The number of halogens is 4. The summed E-state index contributed by atoms with van der Waals surface area (Å²) in [5.41, 5.74) is -4.12. The third-order valence-corrected chi connectivity index (χ3v) is 6.52. The van der Waals surface area contributed by atoms with Crippen molar-refractivity contribution in [2.75, 3.05) is 44.7 Å². The summed E-state index contributed by atoms with van der Waals surface area (Å²) in [6, 6.07) is 9.90. The summed E-state index contributed by atoms with van der Waals surface area (Å²) in [5, 5.41) is 6.34. The molecule has 0 aromatic heterocycles. The van der Waals surface area contributed by atoms with Crippen molar-refractivity contribution >= 4 is 45.6 Å². The van der Waals surface area contributed by atoms with Crippen LogP contribution in [0.3, 0.4) is 0 Å². The maximum absolute atomic E-state index is 12.7. The lowest BCUT2D eigenvalue weighted by Gasteiger charge is -2.32. The molecule has 0 bridgehead atoms. The van der Waals surface area contributed by atoms with Gasteiger partial charge in [0.25, 0.3) is 0 Å². The van der Waals surface area contributed by atoms with Crippen molar-refractivity contribution in [1.29, 1.82) is 0 Å². The highest BCUT2D eigenvalue weighted by Gasteiger charge is 2.50. The van der Waals surface area contributed by atoms with Crippen LogP contribution in [0.2, 0.25) is 0 Å². The van der Waals surface area contributed by atoms with E-state index in [4.69, 9.17) is 0 Å². The minimum atomic E-state index is -5.26. The Hall–Kier alpha value is -1.28. The van der Waals surface area contributed by atoms with Gasteiger partial charge in [0.1, 0.15) is 0 Å². The van der Waals surface area contributed by atoms with Crippen LogP contribution in [0.15, 0.2) is 35.3 Å². The fraction of sp³-hybridized carbons (Fsp3) is 0.632. The van der Waals surface area contributed by atoms with Gasteiger partial charge in [-0.25, -0.2) is 8.42 Å². The highest BCUT2D eigenvalue weighted by Crippen LogP contribution is 2.28. The lowest BCUT2D eigenvalue weighted by Crippen LogP contribution is -2.51. The molecule has 1 saturated heterocycles. The van der Waals surface area contributed by atoms with E-state index in [1.54, 1.807) is 0 Å². The first-order valence-electron chi connectivity index (χ1n) is 10.0. The average Bonchev–Trinajstić information content (AvgIpc) is 2.71. The van der Waals surface area contributed by atoms with Gasteiger partial charge in [0.2, 0.25) is 0 Å². The Bertz CT molecular complexity index is 785. The van der Waals surface area contributed by atoms with Crippen LogP contribution in [-0.2, 0) is 10.0 Å². The van der Waals surface area contributed by atoms with Crippen molar-refractivity contribution in [2.24, 2.45) is 4.99 Å². The van der Waals surface area contributed by atoms with Crippen LogP contribution in [-0.4, -0.2) is 70.0 Å². The van der Waals surface area contributed by atoms with Crippen molar-refractivity contribution in [1.82, 2.24) is 14.9 Å². The summed E-state index contributed by atoms with van der Waals surface area (Å²) in [4.78, 5) is 6.68. The molecule has 1 fully saturated rings. The van der Waals surface area contributed by atoms with E-state index in [0.29, 0.717) is 23.4 Å². The molecule has 1 aliphatic heterocycles. The van der Waals surface area contributed by atoms with Gasteiger partial charge in [0.15, 0.2) is 5.96 Å². The molecule has 0 aliphatic carbocycles. The first-order valence-corrected chi connectivity index (χ1v) is 11.5. The van der Waals surface area contributed by atoms with Gasteiger partial charge in [-0.05, 0) is 38.3 Å². The molecule has 2 N–H and O–H groups in total. The molecular formula is C19H31F3IN5O2S. The van der Waals surface area contributed by atoms with E-state index in [2.05, 4.69) is 20.5 Å². The number of rotatable bonds is 8. The second-order valence-electron chi connectivity index (χ2n) is 7.14. The summed E-state index contributed by atoms with van der Waals surface area (Å²) < 4.78 is 61.6. The first kappa shape index (κ1) is 27.8. The van der Waals surface area contributed by atoms with Gasteiger partial charge in [0.05, 0.1) is 0 Å². The predicted molar refractivity (Wildman–Crippen MR) is 128 cm³/mol. The van der Waals surface area contributed by atoms with Gasteiger partial charge in [-0.15, -0.1) is 24.0 Å². The second-order valence-corrected chi connectivity index (χ2v) is 9.07. The highest BCUT2D eigenvalue weighted by molar-refractivity contribution is 14.0. The number of anilines is 1. The van der Waals surface area contributed by atoms with E-state index in [9.17, 15) is 21.6 Å². The van der Waals surface area contributed by atoms with Crippen molar-refractivity contribution in [3.8, 4) is 0 Å². The van der Waals surface area contributed by atoms with E-state index in [1.165, 1.54) is 0 Å². The monoisotopic (exact) mass is 577 g/mol. The fourth-order valence-electron chi connectivity index (χ4n) is 3.21. The second kappa shape index (κ2) is 12.7. The Morgan fingerprint density at radius 3 is 2.39 bits per heavy atom. The zero-order chi connectivity index (χ0) is 22.2. The molecule has 0 unspecified atom stereocenters. The quantitative estimate of drug-likeness (QED) is 0.215. The standard InChI is InChI=1S/C19H30F3N5O2S.HI/c1-3-23-18(24-12-7-13-26(2)17-8-5-4-6-9-17)25-16-10-14-27(15-11-16)30(28,29)19(20,21)22;/h4-6,8-9,16H,3,7,10-15H2,1-2H3,(H2,23,24,25);1H. The summed E-state index contributed by atoms with van der Waals surface area (Å²) >= 11 is 0. The molecule has 178 valence electrons. The molecule has 1 aromatic rings. The number of sulfonamides is 1. The largest absolute Gasteiger partial charge is 0.511 e. The molecule has 1 aliphatic rings. The number of para-hydroxylation sites is 1. The Morgan fingerprint density at radius 2 is 1.84 bits per heavy atom. The molecule has 7 nitrogen and oxygen atoms in total. The molecule has 0 radical (unpaired) electrons.